The minimum absolute atomic E-state index is 0. The second-order valence-electron chi connectivity index (χ2n) is 6.02. The van der Waals surface area contributed by atoms with Crippen molar-refractivity contribution in [1.29, 1.82) is 0 Å². The van der Waals surface area contributed by atoms with Gasteiger partial charge in [0.2, 0.25) is 10.0 Å². The number of aliphatic imine (C=N–C) groups is 1. The van der Waals surface area contributed by atoms with Gasteiger partial charge in [-0.2, -0.15) is 5.10 Å². The Balaban J connectivity index is 0.00000392. The van der Waals surface area contributed by atoms with E-state index < -0.39 is 10.0 Å². The van der Waals surface area contributed by atoms with Gasteiger partial charge in [-0.3, -0.25) is 4.68 Å². The number of benzene rings is 1. The summed E-state index contributed by atoms with van der Waals surface area (Å²) < 4.78 is 27.4. The van der Waals surface area contributed by atoms with E-state index in [-0.39, 0.29) is 29.7 Å². The standard InChI is InChI=1S/C18H28N6O2S.HI/c1-3-20-18(21-10-4-12-24-13-5-11-23-24)22-14-16-6-8-17(9-7-16)15-27(25,26)19-2;/h5-9,11,13,19H,3-4,10,12,14-15H2,1-2H3,(H2,20,21,22);1H. The second kappa shape index (κ2) is 12.7. The van der Waals surface area contributed by atoms with Crippen LogP contribution in [0.5, 0.6) is 0 Å². The summed E-state index contributed by atoms with van der Waals surface area (Å²) in [5.74, 6) is 0.743. The Labute approximate surface area is 184 Å². The summed E-state index contributed by atoms with van der Waals surface area (Å²) in [5, 5.41) is 10.7. The minimum atomic E-state index is -3.25. The van der Waals surface area contributed by atoms with Gasteiger partial charge in [0.1, 0.15) is 0 Å². The molecule has 156 valence electrons. The molecular weight excluding hydrogens is 491 g/mol. The molecular formula is C18H29IN6O2S. The maximum Gasteiger partial charge on any atom is 0.215 e. The van der Waals surface area contributed by atoms with E-state index in [1.807, 2.05) is 48.1 Å². The first-order chi connectivity index (χ1) is 13.0. The SMILES string of the molecule is CCNC(=NCc1ccc(CS(=O)(=O)NC)cc1)NCCCn1cccn1.I. The van der Waals surface area contributed by atoms with Crippen LogP contribution in [0.1, 0.15) is 24.5 Å². The van der Waals surface area contributed by atoms with Crippen LogP contribution in [0.3, 0.4) is 0 Å². The van der Waals surface area contributed by atoms with Crippen molar-refractivity contribution in [1.82, 2.24) is 25.1 Å². The second-order valence-corrected chi connectivity index (χ2v) is 7.95. The molecule has 2 rings (SSSR count). The summed E-state index contributed by atoms with van der Waals surface area (Å²) in [4.78, 5) is 4.58. The highest BCUT2D eigenvalue weighted by Gasteiger charge is 2.08. The Morgan fingerprint density at radius 3 is 2.50 bits per heavy atom. The largest absolute Gasteiger partial charge is 0.357 e. The number of nitrogens with one attached hydrogen (secondary N) is 3. The van der Waals surface area contributed by atoms with Gasteiger partial charge in [-0.15, -0.1) is 24.0 Å². The third-order valence-corrected chi connectivity index (χ3v) is 5.21. The first kappa shape index (κ1) is 24.4. The normalized spacial score (nSPS) is 11.7. The quantitative estimate of drug-likeness (QED) is 0.192. The van der Waals surface area contributed by atoms with Gasteiger partial charge in [0.15, 0.2) is 5.96 Å². The summed E-state index contributed by atoms with van der Waals surface area (Å²) in [6.07, 6.45) is 4.67. The lowest BCUT2D eigenvalue weighted by Gasteiger charge is -2.11. The molecule has 1 aromatic heterocycles. The van der Waals surface area contributed by atoms with Gasteiger partial charge < -0.3 is 10.6 Å². The molecule has 0 spiro atoms. The number of rotatable bonds is 10. The molecule has 0 radical (unpaired) electrons. The predicted molar refractivity (Wildman–Crippen MR) is 123 cm³/mol. The van der Waals surface area contributed by atoms with Crippen molar-refractivity contribution in [2.24, 2.45) is 4.99 Å². The molecule has 0 aliphatic carbocycles. The van der Waals surface area contributed by atoms with E-state index in [9.17, 15) is 8.42 Å². The van der Waals surface area contributed by atoms with Crippen LogP contribution in [0.4, 0.5) is 0 Å². The Hall–Kier alpha value is -1.66. The first-order valence-electron chi connectivity index (χ1n) is 9.01. The molecule has 0 amide bonds. The third-order valence-electron chi connectivity index (χ3n) is 3.87. The van der Waals surface area contributed by atoms with E-state index >= 15 is 0 Å². The van der Waals surface area contributed by atoms with Crippen molar-refractivity contribution >= 4 is 40.0 Å². The van der Waals surface area contributed by atoms with Gasteiger partial charge in [0.25, 0.3) is 0 Å². The fraction of sp³-hybridized carbons (Fsp3) is 0.444. The van der Waals surface area contributed by atoms with Crippen LogP contribution < -0.4 is 15.4 Å². The average Bonchev–Trinajstić information content (AvgIpc) is 3.17. The first-order valence-corrected chi connectivity index (χ1v) is 10.7. The molecule has 0 aliphatic rings. The van der Waals surface area contributed by atoms with Crippen molar-refractivity contribution < 1.29 is 8.42 Å². The van der Waals surface area contributed by atoms with E-state index in [1.165, 1.54) is 7.05 Å². The monoisotopic (exact) mass is 520 g/mol. The van der Waals surface area contributed by atoms with Crippen LogP contribution in [-0.2, 0) is 28.9 Å². The Morgan fingerprint density at radius 2 is 1.89 bits per heavy atom. The van der Waals surface area contributed by atoms with E-state index in [4.69, 9.17) is 0 Å². The number of hydrogen-bond acceptors (Lipinski definition) is 4. The molecule has 0 unspecified atom stereocenters. The summed E-state index contributed by atoms with van der Waals surface area (Å²) >= 11 is 0. The van der Waals surface area contributed by atoms with Gasteiger partial charge in [-0.25, -0.2) is 18.1 Å². The van der Waals surface area contributed by atoms with Gasteiger partial charge in [0.05, 0.1) is 12.3 Å². The zero-order valence-corrected chi connectivity index (χ0v) is 19.4. The number of nitrogens with zero attached hydrogens (tertiary/aromatic N) is 3. The number of aryl methyl sites for hydroxylation is 1. The lowest BCUT2D eigenvalue weighted by molar-refractivity contribution is 0.570. The van der Waals surface area contributed by atoms with Crippen LogP contribution in [-0.4, -0.2) is 44.3 Å². The molecule has 10 heteroatoms. The van der Waals surface area contributed by atoms with Gasteiger partial charge >= 0.3 is 0 Å². The van der Waals surface area contributed by atoms with E-state index in [0.717, 1.165) is 43.1 Å². The van der Waals surface area contributed by atoms with Crippen molar-refractivity contribution in [2.75, 3.05) is 20.1 Å². The summed E-state index contributed by atoms with van der Waals surface area (Å²) in [6, 6.07) is 9.38. The molecule has 1 heterocycles. The number of halogens is 1. The van der Waals surface area contributed by atoms with Gasteiger partial charge in [0, 0.05) is 32.0 Å². The van der Waals surface area contributed by atoms with Crippen LogP contribution in [0, 0.1) is 0 Å². The maximum absolute atomic E-state index is 11.6. The molecule has 0 saturated heterocycles. The summed E-state index contributed by atoms with van der Waals surface area (Å²) in [7, 11) is -1.83. The van der Waals surface area contributed by atoms with Crippen LogP contribution in [0.2, 0.25) is 0 Å². The fourth-order valence-electron chi connectivity index (χ4n) is 2.43. The molecule has 0 fully saturated rings. The van der Waals surface area contributed by atoms with E-state index in [2.05, 4.69) is 25.4 Å². The van der Waals surface area contributed by atoms with E-state index in [1.54, 1.807) is 6.20 Å². The number of aromatic nitrogens is 2. The number of hydrogen-bond donors (Lipinski definition) is 3. The van der Waals surface area contributed by atoms with Gasteiger partial charge in [-0.05, 0) is 37.6 Å². The van der Waals surface area contributed by atoms with Crippen molar-refractivity contribution in [3.8, 4) is 0 Å². The van der Waals surface area contributed by atoms with Gasteiger partial charge in [-0.1, -0.05) is 24.3 Å². The topological polar surface area (TPSA) is 100 Å². The third kappa shape index (κ3) is 9.02. The van der Waals surface area contributed by atoms with Crippen molar-refractivity contribution in [3.05, 3.63) is 53.9 Å². The Bertz CT molecular complexity index is 807. The predicted octanol–water partition coefficient (Wildman–Crippen LogP) is 1.70. The maximum atomic E-state index is 11.6. The molecule has 28 heavy (non-hydrogen) atoms. The average molecular weight is 520 g/mol. The molecule has 3 N–H and O–H groups in total. The molecule has 1 aromatic carbocycles. The summed E-state index contributed by atoms with van der Waals surface area (Å²) in [5.41, 5.74) is 1.77. The molecule has 8 nitrogen and oxygen atoms in total. The van der Waals surface area contributed by atoms with Crippen LogP contribution >= 0.6 is 24.0 Å². The molecule has 0 bridgehead atoms. The van der Waals surface area contributed by atoms with Crippen molar-refractivity contribution in [2.45, 2.75) is 32.2 Å². The smallest absolute Gasteiger partial charge is 0.215 e. The zero-order chi connectivity index (χ0) is 19.5. The van der Waals surface area contributed by atoms with Crippen LogP contribution in [0.25, 0.3) is 0 Å². The lowest BCUT2D eigenvalue weighted by atomic mass is 10.1. The molecule has 0 aliphatic heterocycles. The fourth-order valence-corrected chi connectivity index (χ4v) is 3.20. The summed E-state index contributed by atoms with van der Waals surface area (Å²) in [6.45, 7) is 4.99. The molecule has 0 atom stereocenters. The minimum Gasteiger partial charge on any atom is -0.357 e. The highest BCUT2D eigenvalue weighted by Crippen LogP contribution is 2.08. The molecule has 0 saturated carbocycles. The lowest BCUT2D eigenvalue weighted by Crippen LogP contribution is -2.38. The molecule has 2 aromatic rings. The zero-order valence-electron chi connectivity index (χ0n) is 16.3. The van der Waals surface area contributed by atoms with Crippen LogP contribution in [0.15, 0.2) is 47.7 Å². The number of sulfonamides is 1. The Kier molecular flexibility index (Phi) is 11.1. The van der Waals surface area contributed by atoms with E-state index in [0.29, 0.717) is 6.54 Å². The highest BCUT2D eigenvalue weighted by molar-refractivity contribution is 14.0. The highest BCUT2D eigenvalue weighted by atomic mass is 127. The number of guanidine groups is 1. The Morgan fingerprint density at radius 1 is 1.18 bits per heavy atom. The van der Waals surface area contributed by atoms with Crippen molar-refractivity contribution in [3.63, 3.8) is 0 Å².